The van der Waals surface area contributed by atoms with E-state index in [0.29, 0.717) is 67.4 Å². The van der Waals surface area contributed by atoms with E-state index in [1.807, 2.05) is 0 Å². The first kappa shape index (κ1) is 119. The topological polar surface area (TPSA) is 306 Å². The van der Waals surface area contributed by atoms with Crippen molar-refractivity contribution in [2.24, 2.45) is 0 Å². The summed E-state index contributed by atoms with van der Waals surface area (Å²) in [6, 6.07) is 8.19. The van der Waals surface area contributed by atoms with Crippen molar-refractivity contribution in [1.82, 2.24) is 9.13 Å². The first-order valence-electron chi connectivity index (χ1n) is 51.7. The van der Waals surface area contributed by atoms with Crippen LogP contribution in [0.25, 0.3) is 21.8 Å². The van der Waals surface area contributed by atoms with Gasteiger partial charge in [-0.1, -0.05) is 311 Å². The van der Waals surface area contributed by atoms with Crippen molar-refractivity contribution >= 4 is 21.8 Å². The molecule has 0 amide bonds. The van der Waals surface area contributed by atoms with Gasteiger partial charge in [-0.05, 0) is 92.5 Å². The summed E-state index contributed by atoms with van der Waals surface area (Å²) in [6.45, 7) is 15.5. The maximum absolute atomic E-state index is 14.5. The number of hydrogen-bond donors (Lipinski definition) is 2. The molecule has 0 spiro atoms. The number of pyridine rings is 2. The van der Waals surface area contributed by atoms with Crippen molar-refractivity contribution in [2.45, 2.75) is 370 Å². The smallest absolute Gasteiger partial charge is 0.230 e. The third kappa shape index (κ3) is 57.3. The standard InChI is InChI=1S/C105H178N2O28/c1-8-14-20-26-32-38-44-50-56-112-71-118-77-124-83-130-96-62-90(63-97(131-84-125-78-119-72-113-57-51-45-39-33-27-21-15-9-2)104(96)134-87-128-81-122-75-116-60-54-48-42-36-30-24-18-12-5)67-106-69-94(108)102(110)92-66-93-101(89(7)100(92)106)107(70-95(109)103(93)111)68-91-64-98(132-85-126-79-120-73-114-58-52-46-40-34-28-22-16-10-3)105(135-88-129-82-123-76-117-61-55-49-43-37-31-25-19-13-6)99(65-91)133-86-127-80-121-74-115-59-53-47-41-35-29-23-17-11-4/h62-66,69-70,108-109H,8-61,67-68,71-88H2,1-7H3. The molecule has 0 atom stereocenters. The van der Waals surface area contributed by atoms with Crippen molar-refractivity contribution in [3.05, 3.63) is 79.9 Å². The summed E-state index contributed by atoms with van der Waals surface area (Å²) in [7, 11) is 0. The molecule has 3 aromatic carbocycles. The Kier molecular flexibility index (Phi) is 74.7. The molecule has 30 nitrogen and oxygen atoms in total. The van der Waals surface area contributed by atoms with Crippen LogP contribution in [-0.2, 0) is 98.4 Å². The fourth-order valence-electron chi connectivity index (χ4n) is 15.6. The maximum Gasteiger partial charge on any atom is 0.230 e. The highest BCUT2D eigenvalue weighted by atomic mass is 16.8. The number of fused-ring (bicyclic) bond motifs is 2. The Morgan fingerprint density at radius 2 is 0.400 bits per heavy atom. The molecule has 2 aromatic heterocycles. The average Bonchev–Trinajstić information content (AvgIpc) is 0.731. The lowest BCUT2D eigenvalue weighted by Crippen LogP contribution is -2.17. The highest BCUT2D eigenvalue weighted by molar-refractivity contribution is 5.99. The number of benzene rings is 3. The fraction of sp³-hybridized carbons (Fsp3) is 0.771. The van der Waals surface area contributed by atoms with Gasteiger partial charge in [0.2, 0.25) is 22.4 Å². The SMILES string of the molecule is CCCCCCCCCCOCOCOCOc1cc(Cn2cc(O)c(=O)c3cc4c(=O)c(O)cn(Cc5cc(OCOCOCOCCCCCCCCCC)c(OCOCOCOCCCCCCCCCC)c(OCOCOCOCCCCCCCCCC)c5)c4c(C)c32)cc(OCOCOCOCCCCCCCCCC)c1OCOCOCOCCCCCCCCCC. The minimum Gasteiger partial charge on any atom is -0.503 e. The van der Waals surface area contributed by atoms with Crippen LogP contribution in [0.1, 0.15) is 366 Å². The molecule has 5 aromatic rings. The van der Waals surface area contributed by atoms with Gasteiger partial charge in [0, 0.05) is 52.7 Å². The molecular weight excluding hydrogens is 1740 g/mol. The number of aromatic nitrogens is 2. The molecule has 0 aliphatic carbocycles. The zero-order chi connectivity index (χ0) is 96.2. The molecule has 135 heavy (non-hydrogen) atoms. The van der Waals surface area contributed by atoms with Gasteiger partial charge in [0.25, 0.3) is 0 Å². The summed E-state index contributed by atoms with van der Waals surface area (Å²) in [5, 5.41) is 23.4. The zero-order valence-corrected chi connectivity index (χ0v) is 84.3. The molecule has 2 heterocycles. The predicted molar refractivity (Wildman–Crippen MR) is 525 cm³/mol. The Hall–Kier alpha value is -6.24. The number of unbranched alkanes of at least 4 members (excludes halogenated alkanes) is 42. The molecule has 776 valence electrons. The second-order valence-electron chi connectivity index (χ2n) is 34.8. The molecule has 0 aliphatic heterocycles. The maximum atomic E-state index is 14.5. The molecule has 5 rings (SSSR count). The summed E-state index contributed by atoms with van der Waals surface area (Å²) in [5.41, 5.74) is 0.553. The highest BCUT2D eigenvalue weighted by Crippen LogP contribution is 2.42. The van der Waals surface area contributed by atoms with E-state index in [0.717, 1.165) is 77.0 Å². The van der Waals surface area contributed by atoms with E-state index in [4.69, 9.17) is 114 Å². The lowest BCUT2D eigenvalue weighted by atomic mass is 10.0. The Bertz CT molecular complexity index is 3410. The molecule has 0 saturated carbocycles. The molecule has 0 bridgehead atoms. The van der Waals surface area contributed by atoms with Crippen molar-refractivity contribution < 1.29 is 124 Å². The van der Waals surface area contributed by atoms with Gasteiger partial charge < -0.3 is 133 Å². The summed E-state index contributed by atoms with van der Waals surface area (Å²) in [6.07, 6.45) is 59.3. The number of rotatable bonds is 100. The first-order chi connectivity index (χ1) is 66.6. The number of nitrogens with zero attached hydrogens (tertiary/aromatic N) is 2. The van der Waals surface area contributed by atoms with Crippen LogP contribution in [0.4, 0.5) is 0 Å². The molecule has 0 fully saturated rings. The summed E-state index contributed by atoms with van der Waals surface area (Å²) >= 11 is 0. The molecule has 0 saturated heterocycles. The quantitative estimate of drug-likeness (QED) is 0.0207. The van der Waals surface area contributed by atoms with Crippen LogP contribution in [0, 0.1) is 6.92 Å². The number of hydrogen-bond acceptors (Lipinski definition) is 28. The van der Waals surface area contributed by atoms with Gasteiger partial charge in [-0.25, -0.2) is 0 Å². The lowest BCUT2D eigenvalue weighted by molar-refractivity contribution is -0.158. The van der Waals surface area contributed by atoms with Crippen molar-refractivity contribution in [3.8, 4) is 46.0 Å². The van der Waals surface area contributed by atoms with E-state index in [2.05, 4.69) is 41.5 Å². The Balaban J connectivity index is 1.50. The minimum absolute atomic E-state index is 0.0182. The van der Waals surface area contributed by atoms with Crippen LogP contribution in [0.5, 0.6) is 46.0 Å². The highest BCUT2D eigenvalue weighted by Gasteiger charge is 2.24. The van der Waals surface area contributed by atoms with Gasteiger partial charge in [-0.2, -0.15) is 0 Å². The third-order valence-electron chi connectivity index (χ3n) is 23.1. The van der Waals surface area contributed by atoms with Gasteiger partial charge in [-0.3, -0.25) is 9.59 Å². The number of ether oxygens (including phenoxy) is 24. The number of aromatic hydroxyl groups is 2. The van der Waals surface area contributed by atoms with E-state index in [1.165, 1.54) is 250 Å². The molecule has 0 unspecified atom stereocenters. The molecule has 0 radical (unpaired) electrons. The van der Waals surface area contributed by atoms with E-state index in [-0.39, 0.29) is 181 Å². The second-order valence-corrected chi connectivity index (χ2v) is 34.8. The molecular formula is C105H178N2O28. The fourth-order valence-corrected chi connectivity index (χ4v) is 15.6. The summed E-state index contributed by atoms with van der Waals surface area (Å²) < 4.78 is 146. The lowest BCUT2D eigenvalue weighted by Gasteiger charge is -2.22. The predicted octanol–water partition coefficient (Wildman–Crippen LogP) is 24.8. The Morgan fingerprint density at radius 3 is 0.607 bits per heavy atom. The van der Waals surface area contributed by atoms with Gasteiger partial charge in [-0.15, -0.1) is 0 Å². The Labute approximate surface area is 808 Å². The monoisotopic (exact) mass is 1920 g/mol. The van der Waals surface area contributed by atoms with Crippen LogP contribution < -0.4 is 39.3 Å². The van der Waals surface area contributed by atoms with Crippen molar-refractivity contribution in [2.75, 3.05) is 162 Å². The molecule has 30 heteroatoms. The van der Waals surface area contributed by atoms with Crippen molar-refractivity contribution in [3.63, 3.8) is 0 Å². The second kappa shape index (κ2) is 84.6. The Morgan fingerprint density at radius 1 is 0.222 bits per heavy atom. The van der Waals surface area contributed by atoms with Crippen LogP contribution in [0.3, 0.4) is 0 Å². The van der Waals surface area contributed by atoms with Gasteiger partial charge in [0.15, 0.2) is 116 Å². The van der Waals surface area contributed by atoms with Gasteiger partial charge >= 0.3 is 0 Å². The zero-order valence-electron chi connectivity index (χ0n) is 84.3. The molecule has 0 aliphatic rings. The largest absolute Gasteiger partial charge is 0.503 e. The number of aryl methyl sites for hydroxylation is 1. The minimum atomic E-state index is -0.762. The normalized spacial score (nSPS) is 11.7. The van der Waals surface area contributed by atoms with E-state index in [1.54, 1.807) is 40.3 Å². The van der Waals surface area contributed by atoms with Crippen LogP contribution in [0.15, 0.2) is 52.3 Å². The van der Waals surface area contributed by atoms with E-state index >= 15 is 0 Å². The third-order valence-corrected chi connectivity index (χ3v) is 23.1. The summed E-state index contributed by atoms with van der Waals surface area (Å²) in [4.78, 5) is 29.0. The van der Waals surface area contributed by atoms with Crippen LogP contribution in [0.2, 0.25) is 0 Å². The van der Waals surface area contributed by atoms with Gasteiger partial charge in [0.05, 0.1) is 34.2 Å². The first-order valence-corrected chi connectivity index (χ1v) is 51.7. The summed E-state index contributed by atoms with van der Waals surface area (Å²) in [5.74, 6) is -0.495. The van der Waals surface area contributed by atoms with E-state index in [9.17, 15) is 19.8 Å². The van der Waals surface area contributed by atoms with E-state index < -0.39 is 22.4 Å². The van der Waals surface area contributed by atoms with Crippen LogP contribution >= 0.6 is 0 Å². The van der Waals surface area contributed by atoms with Crippen molar-refractivity contribution in [1.29, 1.82) is 0 Å². The molecule has 2 N–H and O–H groups in total. The van der Waals surface area contributed by atoms with Gasteiger partial charge in [0.1, 0.15) is 40.8 Å². The average molecular weight is 1920 g/mol. The van der Waals surface area contributed by atoms with Crippen LogP contribution in [-0.4, -0.2) is 181 Å².